The number of nitrogens with zero attached hydrogens (tertiary/aromatic N) is 1. The Balaban J connectivity index is 1.56. The molecule has 0 bridgehead atoms. The third-order valence-corrected chi connectivity index (χ3v) is 7.01. The summed E-state index contributed by atoms with van der Waals surface area (Å²) in [6, 6.07) is 5.96. The number of aryl methyl sites for hydroxylation is 1. The topological polar surface area (TPSA) is 74.7 Å². The van der Waals surface area contributed by atoms with Gasteiger partial charge in [-0.05, 0) is 48.8 Å². The number of carboxylic acids is 1. The van der Waals surface area contributed by atoms with Gasteiger partial charge in [-0.2, -0.15) is 0 Å². The first kappa shape index (κ1) is 16.4. The molecule has 1 saturated heterocycles. The molecule has 7 heteroatoms. The predicted octanol–water partition coefficient (Wildman–Crippen LogP) is 1.88. The molecule has 1 N–H and O–H groups in total. The second-order valence-electron chi connectivity index (χ2n) is 6.55. The number of benzene rings is 1. The molecule has 1 atom stereocenters. The third kappa shape index (κ3) is 3.40. The molecule has 2 aliphatic rings. The van der Waals surface area contributed by atoms with Gasteiger partial charge in [-0.3, -0.25) is 4.79 Å². The molecule has 0 radical (unpaired) electrons. The zero-order chi connectivity index (χ0) is 16.7. The first-order valence-electron chi connectivity index (χ1n) is 7.77. The van der Waals surface area contributed by atoms with Crippen LogP contribution in [0, 0.1) is 17.2 Å². The SMILES string of the molecule is O=C(O)C1CC12CCN(S(=O)(=O)CCc1cccc(F)c1)CC2. The van der Waals surface area contributed by atoms with Crippen LogP contribution in [0.5, 0.6) is 0 Å². The second-order valence-corrected chi connectivity index (χ2v) is 8.64. The maximum Gasteiger partial charge on any atom is 0.307 e. The van der Waals surface area contributed by atoms with Crippen molar-refractivity contribution in [3.8, 4) is 0 Å². The molecule has 23 heavy (non-hydrogen) atoms. The largest absolute Gasteiger partial charge is 0.481 e. The van der Waals surface area contributed by atoms with Crippen molar-refractivity contribution in [3.05, 3.63) is 35.6 Å². The highest BCUT2D eigenvalue weighted by Crippen LogP contribution is 2.59. The number of aliphatic carboxylic acids is 1. The maximum absolute atomic E-state index is 13.1. The van der Waals surface area contributed by atoms with Gasteiger partial charge in [-0.15, -0.1) is 0 Å². The van der Waals surface area contributed by atoms with E-state index in [9.17, 15) is 17.6 Å². The summed E-state index contributed by atoms with van der Waals surface area (Å²) in [6.07, 6.45) is 2.17. The Morgan fingerprint density at radius 2 is 2.04 bits per heavy atom. The van der Waals surface area contributed by atoms with Crippen molar-refractivity contribution in [3.63, 3.8) is 0 Å². The van der Waals surface area contributed by atoms with Crippen molar-refractivity contribution in [2.75, 3.05) is 18.8 Å². The molecule has 1 aliphatic heterocycles. The van der Waals surface area contributed by atoms with Gasteiger partial charge in [-0.1, -0.05) is 12.1 Å². The number of hydrogen-bond acceptors (Lipinski definition) is 3. The van der Waals surface area contributed by atoms with Gasteiger partial charge in [0.25, 0.3) is 0 Å². The summed E-state index contributed by atoms with van der Waals surface area (Å²) in [6.45, 7) is 0.768. The molecule has 1 saturated carbocycles. The average molecular weight is 341 g/mol. The lowest BCUT2D eigenvalue weighted by atomic mass is 9.92. The fourth-order valence-corrected chi connectivity index (χ4v) is 5.02. The van der Waals surface area contributed by atoms with Crippen LogP contribution in [-0.2, 0) is 21.2 Å². The lowest BCUT2D eigenvalue weighted by Crippen LogP contribution is -2.41. The number of piperidine rings is 1. The molecule has 1 unspecified atom stereocenters. The summed E-state index contributed by atoms with van der Waals surface area (Å²) in [4.78, 5) is 11.0. The van der Waals surface area contributed by atoms with E-state index in [0.717, 1.165) is 0 Å². The van der Waals surface area contributed by atoms with Crippen LogP contribution in [0.4, 0.5) is 4.39 Å². The minimum Gasteiger partial charge on any atom is -0.481 e. The van der Waals surface area contributed by atoms with Gasteiger partial charge in [0.2, 0.25) is 10.0 Å². The number of hydrogen-bond donors (Lipinski definition) is 1. The van der Waals surface area contributed by atoms with Crippen molar-refractivity contribution in [1.82, 2.24) is 4.31 Å². The number of sulfonamides is 1. The van der Waals surface area contributed by atoms with Crippen LogP contribution in [0.3, 0.4) is 0 Å². The quantitative estimate of drug-likeness (QED) is 0.887. The fourth-order valence-electron chi connectivity index (χ4n) is 3.53. The molecule has 0 aromatic heterocycles. The van der Waals surface area contributed by atoms with E-state index in [1.165, 1.54) is 16.4 Å². The molecule has 0 amide bonds. The van der Waals surface area contributed by atoms with Crippen LogP contribution in [0.15, 0.2) is 24.3 Å². The molecular weight excluding hydrogens is 321 g/mol. The van der Waals surface area contributed by atoms with E-state index >= 15 is 0 Å². The van der Waals surface area contributed by atoms with E-state index < -0.39 is 16.0 Å². The Bertz CT molecular complexity index is 711. The summed E-state index contributed by atoms with van der Waals surface area (Å²) in [5, 5.41) is 9.07. The van der Waals surface area contributed by atoms with Crippen LogP contribution >= 0.6 is 0 Å². The van der Waals surface area contributed by atoms with E-state index in [1.807, 2.05) is 0 Å². The van der Waals surface area contributed by atoms with Gasteiger partial charge in [-0.25, -0.2) is 17.1 Å². The average Bonchev–Trinajstić information content (AvgIpc) is 3.20. The smallest absolute Gasteiger partial charge is 0.307 e. The molecule has 3 rings (SSSR count). The van der Waals surface area contributed by atoms with Crippen LogP contribution in [0.1, 0.15) is 24.8 Å². The van der Waals surface area contributed by atoms with Crippen molar-refractivity contribution >= 4 is 16.0 Å². The van der Waals surface area contributed by atoms with Crippen LogP contribution in [-0.4, -0.2) is 42.6 Å². The second kappa shape index (κ2) is 5.87. The highest BCUT2D eigenvalue weighted by atomic mass is 32.2. The van der Waals surface area contributed by atoms with Gasteiger partial charge in [0.15, 0.2) is 0 Å². The Kier molecular flexibility index (Phi) is 4.18. The van der Waals surface area contributed by atoms with Crippen LogP contribution in [0.25, 0.3) is 0 Å². The van der Waals surface area contributed by atoms with Crippen molar-refractivity contribution in [2.24, 2.45) is 11.3 Å². The molecule has 1 aliphatic carbocycles. The summed E-state index contributed by atoms with van der Waals surface area (Å²) in [7, 11) is -3.39. The van der Waals surface area contributed by atoms with Gasteiger partial charge in [0.05, 0.1) is 11.7 Å². The first-order valence-corrected chi connectivity index (χ1v) is 9.38. The Labute approximate surface area is 135 Å². The summed E-state index contributed by atoms with van der Waals surface area (Å²) in [5.74, 6) is -1.49. The third-order valence-electron chi connectivity index (χ3n) is 5.14. The summed E-state index contributed by atoms with van der Waals surface area (Å²) >= 11 is 0. The van der Waals surface area contributed by atoms with Gasteiger partial charge in [0, 0.05) is 13.1 Å². The Morgan fingerprint density at radius 3 is 2.61 bits per heavy atom. The molecular formula is C16H20FNO4S. The zero-order valence-electron chi connectivity index (χ0n) is 12.7. The molecule has 1 spiro atoms. The lowest BCUT2D eigenvalue weighted by molar-refractivity contribution is -0.139. The number of halogens is 1. The molecule has 1 aromatic carbocycles. The summed E-state index contributed by atoms with van der Waals surface area (Å²) in [5.41, 5.74) is 0.482. The number of carbonyl (C=O) groups is 1. The fraction of sp³-hybridized carbons (Fsp3) is 0.562. The number of carboxylic acid groups (broad SMARTS) is 1. The van der Waals surface area contributed by atoms with Gasteiger partial charge >= 0.3 is 5.97 Å². The van der Waals surface area contributed by atoms with Gasteiger partial charge < -0.3 is 5.11 Å². The maximum atomic E-state index is 13.1. The van der Waals surface area contributed by atoms with E-state index in [4.69, 9.17) is 5.11 Å². The van der Waals surface area contributed by atoms with Crippen molar-refractivity contribution in [2.45, 2.75) is 25.7 Å². The van der Waals surface area contributed by atoms with Gasteiger partial charge in [0.1, 0.15) is 5.82 Å². The van der Waals surface area contributed by atoms with E-state index in [1.54, 1.807) is 12.1 Å². The molecule has 1 heterocycles. The molecule has 126 valence electrons. The monoisotopic (exact) mass is 341 g/mol. The zero-order valence-corrected chi connectivity index (χ0v) is 13.6. The first-order chi connectivity index (χ1) is 10.8. The lowest BCUT2D eigenvalue weighted by Gasteiger charge is -2.31. The Hall–Kier alpha value is -1.47. The normalized spacial score (nSPS) is 23.8. The van der Waals surface area contributed by atoms with E-state index in [-0.39, 0.29) is 29.3 Å². The highest BCUT2D eigenvalue weighted by molar-refractivity contribution is 7.89. The standard InChI is InChI=1S/C16H20FNO4S/c17-13-3-1-2-12(10-13)4-9-23(21,22)18-7-5-16(6-8-18)11-14(16)15(19)20/h1-3,10,14H,4-9,11H2,(H,19,20). The summed E-state index contributed by atoms with van der Waals surface area (Å²) < 4.78 is 39.4. The number of rotatable bonds is 5. The van der Waals surface area contributed by atoms with Crippen molar-refractivity contribution < 1.29 is 22.7 Å². The Morgan fingerprint density at radius 1 is 1.35 bits per heavy atom. The minimum atomic E-state index is -3.39. The molecule has 5 nitrogen and oxygen atoms in total. The highest BCUT2D eigenvalue weighted by Gasteiger charge is 2.59. The minimum absolute atomic E-state index is 0.0498. The van der Waals surface area contributed by atoms with Crippen LogP contribution in [0.2, 0.25) is 0 Å². The predicted molar refractivity (Wildman–Crippen MR) is 82.9 cm³/mol. The van der Waals surface area contributed by atoms with Crippen molar-refractivity contribution in [1.29, 1.82) is 0 Å². The van der Waals surface area contributed by atoms with Crippen LogP contribution < -0.4 is 0 Å². The molecule has 1 aromatic rings. The molecule has 2 fully saturated rings. The van der Waals surface area contributed by atoms with E-state index in [0.29, 0.717) is 37.9 Å². The van der Waals surface area contributed by atoms with E-state index in [2.05, 4.69) is 0 Å².